The molecule has 3 heteroatoms. The first kappa shape index (κ1) is 9.00. The zero-order valence-corrected chi connectivity index (χ0v) is 8.03. The van der Waals surface area contributed by atoms with E-state index in [1.54, 1.807) is 0 Å². The summed E-state index contributed by atoms with van der Waals surface area (Å²) in [4.78, 5) is 11.0. The summed E-state index contributed by atoms with van der Waals surface area (Å²) < 4.78 is 4.60. The minimum absolute atomic E-state index is 0.263. The number of rotatable bonds is 3. The van der Waals surface area contributed by atoms with E-state index in [4.69, 9.17) is 5.73 Å². The lowest BCUT2D eigenvalue weighted by atomic mass is 9.95. The molecule has 0 amide bonds. The van der Waals surface area contributed by atoms with Gasteiger partial charge in [0.15, 0.2) is 0 Å². The Labute approximate surface area is 78.6 Å². The van der Waals surface area contributed by atoms with E-state index in [-0.39, 0.29) is 5.97 Å². The van der Waals surface area contributed by atoms with Crippen LogP contribution in [0, 0.1) is 17.8 Å². The molecule has 2 aliphatic rings. The zero-order valence-electron chi connectivity index (χ0n) is 8.03. The van der Waals surface area contributed by atoms with Crippen LogP contribution in [0.3, 0.4) is 0 Å². The van der Waals surface area contributed by atoms with Crippen LogP contribution in [0.2, 0.25) is 0 Å². The number of methoxy groups -OCH3 is 1. The molecule has 0 aromatic heterocycles. The molecule has 0 aromatic carbocycles. The SMILES string of the molecule is COC(=O)[C@@H](N)C[C@@H]1C[C@@H]2C[C@@H]2C1. The van der Waals surface area contributed by atoms with Crippen LogP contribution in [0.1, 0.15) is 25.7 Å². The van der Waals surface area contributed by atoms with Gasteiger partial charge in [0, 0.05) is 0 Å². The summed E-state index contributed by atoms with van der Waals surface area (Å²) in [7, 11) is 1.40. The van der Waals surface area contributed by atoms with E-state index in [1.807, 2.05) is 0 Å². The Morgan fingerprint density at radius 3 is 2.62 bits per heavy atom. The Bertz CT molecular complexity index is 207. The normalized spacial score (nSPS) is 38.2. The smallest absolute Gasteiger partial charge is 0.322 e. The number of nitrogens with two attached hydrogens (primary N) is 1. The first-order valence-electron chi connectivity index (χ1n) is 5.04. The molecule has 0 unspecified atom stereocenters. The van der Waals surface area contributed by atoms with E-state index in [9.17, 15) is 4.79 Å². The van der Waals surface area contributed by atoms with Gasteiger partial charge in [0.05, 0.1) is 7.11 Å². The predicted molar refractivity (Wildman–Crippen MR) is 48.9 cm³/mol. The van der Waals surface area contributed by atoms with Gasteiger partial charge in [0.2, 0.25) is 0 Å². The Balaban J connectivity index is 1.74. The number of carbonyl (C=O) groups excluding carboxylic acids is 1. The van der Waals surface area contributed by atoms with Crippen molar-refractivity contribution in [3.05, 3.63) is 0 Å². The van der Waals surface area contributed by atoms with Crippen LogP contribution in [-0.4, -0.2) is 19.1 Å². The van der Waals surface area contributed by atoms with Crippen LogP contribution in [0.25, 0.3) is 0 Å². The highest BCUT2D eigenvalue weighted by Crippen LogP contribution is 2.55. The van der Waals surface area contributed by atoms with Crippen molar-refractivity contribution in [2.24, 2.45) is 23.5 Å². The first-order valence-corrected chi connectivity index (χ1v) is 5.04. The van der Waals surface area contributed by atoms with Crippen LogP contribution < -0.4 is 5.73 Å². The third-order valence-electron chi connectivity index (χ3n) is 3.43. The molecule has 2 aliphatic carbocycles. The molecule has 13 heavy (non-hydrogen) atoms. The van der Waals surface area contributed by atoms with Gasteiger partial charge in [-0.1, -0.05) is 0 Å². The molecule has 0 aliphatic heterocycles. The molecule has 2 fully saturated rings. The highest BCUT2D eigenvalue weighted by molar-refractivity contribution is 5.75. The number of ether oxygens (including phenoxy) is 1. The molecule has 2 N–H and O–H groups in total. The number of fused-ring (bicyclic) bond motifs is 1. The lowest BCUT2D eigenvalue weighted by Gasteiger charge is -2.15. The molecule has 0 heterocycles. The second kappa shape index (κ2) is 3.29. The monoisotopic (exact) mass is 183 g/mol. The van der Waals surface area contributed by atoms with Gasteiger partial charge in [0.1, 0.15) is 6.04 Å². The Morgan fingerprint density at radius 1 is 1.46 bits per heavy atom. The molecular formula is C10H17NO2. The van der Waals surface area contributed by atoms with Crippen LogP contribution in [0.5, 0.6) is 0 Å². The van der Waals surface area contributed by atoms with Gasteiger partial charge in [-0.2, -0.15) is 0 Å². The number of carbonyl (C=O) groups is 1. The van der Waals surface area contributed by atoms with Gasteiger partial charge in [0.25, 0.3) is 0 Å². The summed E-state index contributed by atoms with van der Waals surface area (Å²) in [5, 5.41) is 0. The third-order valence-corrected chi connectivity index (χ3v) is 3.43. The molecule has 2 rings (SSSR count). The second-order valence-electron chi connectivity index (χ2n) is 4.46. The summed E-state index contributed by atoms with van der Waals surface area (Å²) in [6.07, 6.45) is 4.81. The Hall–Kier alpha value is -0.570. The third kappa shape index (κ3) is 1.85. The highest BCUT2D eigenvalue weighted by atomic mass is 16.5. The van der Waals surface area contributed by atoms with Crippen molar-refractivity contribution >= 4 is 5.97 Å². The van der Waals surface area contributed by atoms with Gasteiger partial charge >= 0.3 is 5.97 Å². The number of esters is 1. The molecular weight excluding hydrogens is 166 g/mol. The van der Waals surface area contributed by atoms with Gasteiger partial charge in [-0.3, -0.25) is 4.79 Å². The fourth-order valence-electron chi connectivity index (χ4n) is 2.64. The Kier molecular flexibility index (Phi) is 2.28. The van der Waals surface area contributed by atoms with Crippen molar-refractivity contribution in [3.63, 3.8) is 0 Å². The maximum atomic E-state index is 11.0. The second-order valence-corrected chi connectivity index (χ2v) is 4.46. The van der Waals surface area contributed by atoms with Crippen LogP contribution in [-0.2, 0) is 9.53 Å². The molecule has 0 radical (unpaired) electrons. The van der Waals surface area contributed by atoms with Crippen molar-refractivity contribution in [2.45, 2.75) is 31.7 Å². The summed E-state index contributed by atoms with van der Waals surface area (Å²) in [5.74, 6) is 2.35. The van der Waals surface area contributed by atoms with Crippen LogP contribution in [0.15, 0.2) is 0 Å². The molecule has 0 spiro atoms. The van der Waals surface area contributed by atoms with E-state index < -0.39 is 6.04 Å². The standard InChI is InChI=1S/C10H17NO2/c1-13-10(12)9(11)4-6-2-7-5-8(7)3-6/h6-9H,2-5,11H2,1H3/t6-,7-,8+,9-/m0/s1. The largest absolute Gasteiger partial charge is 0.468 e. The summed E-state index contributed by atoms with van der Waals surface area (Å²) >= 11 is 0. The summed E-state index contributed by atoms with van der Waals surface area (Å²) in [5.41, 5.74) is 5.69. The number of hydrogen-bond donors (Lipinski definition) is 1. The summed E-state index contributed by atoms with van der Waals surface area (Å²) in [6.45, 7) is 0. The van der Waals surface area contributed by atoms with Crippen LogP contribution >= 0.6 is 0 Å². The summed E-state index contributed by atoms with van der Waals surface area (Å²) in [6, 6.07) is -0.396. The van der Waals surface area contributed by atoms with Crippen molar-refractivity contribution in [3.8, 4) is 0 Å². The average Bonchev–Trinajstić information content (AvgIpc) is 2.73. The molecule has 0 saturated heterocycles. The van der Waals surface area contributed by atoms with E-state index in [2.05, 4.69) is 4.74 Å². The molecule has 74 valence electrons. The van der Waals surface area contributed by atoms with Gasteiger partial charge in [-0.25, -0.2) is 0 Å². The van der Waals surface area contributed by atoms with E-state index in [0.29, 0.717) is 5.92 Å². The van der Waals surface area contributed by atoms with Gasteiger partial charge in [-0.05, 0) is 43.4 Å². The van der Waals surface area contributed by atoms with Crippen molar-refractivity contribution < 1.29 is 9.53 Å². The molecule has 0 bridgehead atoms. The fraction of sp³-hybridized carbons (Fsp3) is 0.900. The van der Waals surface area contributed by atoms with Crippen molar-refractivity contribution in [1.29, 1.82) is 0 Å². The molecule has 3 nitrogen and oxygen atoms in total. The minimum atomic E-state index is -0.396. The fourth-order valence-corrected chi connectivity index (χ4v) is 2.64. The maximum absolute atomic E-state index is 11.0. The van der Waals surface area contributed by atoms with E-state index in [0.717, 1.165) is 18.3 Å². The van der Waals surface area contributed by atoms with Gasteiger partial charge < -0.3 is 10.5 Å². The van der Waals surface area contributed by atoms with Crippen molar-refractivity contribution in [1.82, 2.24) is 0 Å². The lowest BCUT2D eigenvalue weighted by molar-refractivity contribution is -0.142. The lowest BCUT2D eigenvalue weighted by Crippen LogP contribution is -2.33. The molecule has 0 aromatic rings. The molecule has 4 atom stereocenters. The van der Waals surface area contributed by atoms with Gasteiger partial charge in [-0.15, -0.1) is 0 Å². The highest BCUT2D eigenvalue weighted by Gasteiger charge is 2.46. The van der Waals surface area contributed by atoms with Crippen LogP contribution in [0.4, 0.5) is 0 Å². The topological polar surface area (TPSA) is 52.3 Å². The average molecular weight is 183 g/mol. The minimum Gasteiger partial charge on any atom is -0.468 e. The molecule has 2 saturated carbocycles. The van der Waals surface area contributed by atoms with E-state index >= 15 is 0 Å². The number of hydrogen-bond acceptors (Lipinski definition) is 3. The van der Waals surface area contributed by atoms with Crippen molar-refractivity contribution in [2.75, 3.05) is 7.11 Å². The quantitative estimate of drug-likeness (QED) is 0.662. The first-order chi connectivity index (χ1) is 6.20. The maximum Gasteiger partial charge on any atom is 0.322 e. The zero-order chi connectivity index (χ0) is 9.42. The predicted octanol–water partition coefficient (Wildman–Crippen LogP) is 0.923. The Morgan fingerprint density at radius 2 is 2.08 bits per heavy atom. The van der Waals surface area contributed by atoms with E-state index in [1.165, 1.54) is 26.4 Å².